The highest BCUT2D eigenvalue weighted by atomic mass is 32.2. The van der Waals surface area contributed by atoms with Crippen LogP contribution < -0.4 is 4.72 Å². The fraction of sp³-hybridized carbons (Fsp3) is 0.458. The van der Waals surface area contributed by atoms with Gasteiger partial charge in [-0.05, 0) is 85.6 Å². The van der Waals surface area contributed by atoms with Gasteiger partial charge in [0, 0.05) is 12.0 Å². The summed E-state index contributed by atoms with van der Waals surface area (Å²) >= 11 is 0. The number of rotatable bonds is 7. The minimum absolute atomic E-state index is 0.222. The van der Waals surface area contributed by atoms with E-state index in [0.29, 0.717) is 32.5 Å². The summed E-state index contributed by atoms with van der Waals surface area (Å²) in [5.41, 5.74) is 1.48. The van der Waals surface area contributed by atoms with Crippen LogP contribution in [0.1, 0.15) is 58.6 Å². The molecule has 0 spiro atoms. The number of carbonyl (C=O) groups is 1. The zero-order chi connectivity index (χ0) is 23.8. The largest absolute Gasteiger partial charge is 0.299 e. The predicted octanol–water partition coefficient (Wildman–Crippen LogP) is 4.03. The molecular weight excluding hydrogens is 453 g/mol. The fourth-order valence-electron chi connectivity index (χ4n) is 4.62. The van der Waals surface area contributed by atoms with Crippen LogP contribution >= 0.6 is 0 Å². The number of sulfonamides is 1. The van der Waals surface area contributed by atoms with Crippen LogP contribution in [0, 0.1) is 11.6 Å². The van der Waals surface area contributed by atoms with Crippen molar-refractivity contribution in [1.29, 1.82) is 0 Å². The molecule has 1 amide bonds. The molecule has 2 aliphatic rings. The highest BCUT2D eigenvalue weighted by molar-refractivity contribution is 7.89. The first-order valence-electron chi connectivity index (χ1n) is 11.0. The summed E-state index contributed by atoms with van der Waals surface area (Å²) in [5.74, 6) is -1.88. The maximum absolute atomic E-state index is 14.8. The van der Waals surface area contributed by atoms with Gasteiger partial charge in [0.05, 0.1) is 18.5 Å². The molecule has 1 saturated heterocycles. The van der Waals surface area contributed by atoms with Crippen LogP contribution in [-0.2, 0) is 22.0 Å². The van der Waals surface area contributed by atoms with Crippen molar-refractivity contribution in [3.05, 3.63) is 70.3 Å². The van der Waals surface area contributed by atoms with Gasteiger partial charge in [-0.15, -0.1) is 0 Å². The van der Waals surface area contributed by atoms with E-state index in [1.807, 2.05) is 4.72 Å². The topological polar surface area (TPSA) is 66.5 Å². The molecular formula is C24H27F3N2O3S. The molecule has 0 atom stereocenters. The van der Waals surface area contributed by atoms with Crippen LogP contribution in [-0.4, -0.2) is 45.2 Å². The third-order valence-electron chi connectivity index (χ3n) is 6.69. The van der Waals surface area contributed by atoms with Gasteiger partial charge < -0.3 is 0 Å². The molecule has 0 bridgehead atoms. The standard InChI is InChI=1S/C24H27F3N2O3S/c1-33(31,32)28-23(30)21-13-20(16-2-3-16)17(12-22(21)27)14-29-10-8-24(15-25,9-11-29)18-4-6-19(26)7-5-18/h4-7,12-13,16H,2-3,8-11,14-15H2,1H3,(H,28,30). The van der Waals surface area contributed by atoms with Gasteiger partial charge in [0.1, 0.15) is 11.6 Å². The number of carbonyl (C=O) groups excluding carboxylic acids is 1. The minimum atomic E-state index is -3.80. The smallest absolute Gasteiger partial charge is 0.267 e. The van der Waals surface area contributed by atoms with Crippen molar-refractivity contribution in [2.45, 2.75) is 43.6 Å². The quantitative estimate of drug-likeness (QED) is 0.650. The maximum Gasteiger partial charge on any atom is 0.267 e. The Balaban J connectivity index is 1.51. The zero-order valence-corrected chi connectivity index (χ0v) is 19.2. The van der Waals surface area contributed by atoms with Crippen LogP contribution in [0.3, 0.4) is 0 Å². The average molecular weight is 481 g/mol. The van der Waals surface area contributed by atoms with E-state index in [4.69, 9.17) is 0 Å². The summed E-state index contributed by atoms with van der Waals surface area (Å²) in [5, 5.41) is 0. The normalized spacial score (nSPS) is 18.8. The second kappa shape index (κ2) is 9.10. The maximum atomic E-state index is 14.8. The van der Waals surface area contributed by atoms with E-state index in [1.165, 1.54) is 24.3 Å². The molecule has 1 aliphatic carbocycles. The summed E-state index contributed by atoms with van der Waals surface area (Å²) in [7, 11) is -3.80. The molecule has 178 valence electrons. The zero-order valence-electron chi connectivity index (χ0n) is 18.4. The molecule has 5 nitrogen and oxygen atoms in total. The number of amides is 1. The Labute approximate surface area is 192 Å². The molecule has 0 radical (unpaired) electrons. The number of hydrogen-bond donors (Lipinski definition) is 1. The lowest BCUT2D eigenvalue weighted by molar-refractivity contribution is 0.0977. The molecule has 2 aromatic carbocycles. The molecule has 0 aromatic heterocycles. The van der Waals surface area contributed by atoms with Crippen molar-refractivity contribution in [2.24, 2.45) is 0 Å². The highest BCUT2D eigenvalue weighted by Gasteiger charge is 2.37. The van der Waals surface area contributed by atoms with Crippen molar-refractivity contribution in [2.75, 3.05) is 26.0 Å². The Bertz CT molecular complexity index is 1140. The predicted molar refractivity (Wildman–Crippen MR) is 119 cm³/mol. The minimum Gasteiger partial charge on any atom is -0.299 e. The highest BCUT2D eigenvalue weighted by Crippen LogP contribution is 2.43. The number of alkyl halides is 1. The molecule has 33 heavy (non-hydrogen) atoms. The molecule has 9 heteroatoms. The first-order chi connectivity index (χ1) is 15.6. The van der Waals surface area contributed by atoms with E-state index in [2.05, 4.69) is 4.90 Å². The van der Waals surface area contributed by atoms with Crippen molar-refractivity contribution in [1.82, 2.24) is 9.62 Å². The van der Waals surface area contributed by atoms with Crippen molar-refractivity contribution in [3.8, 4) is 0 Å². The lowest BCUT2D eigenvalue weighted by Gasteiger charge is -2.40. The molecule has 2 aromatic rings. The average Bonchev–Trinajstić information content (AvgIpc) is 3.59. The monoisotopic (exact) mass is 480 g/mol. The first kappa shape index (κ1) is 23.8. The molecule has 2 fully saturated rings. The Hall–Kier alpha value is -2.39. The Morgan fingerprint density at radius 2 is 1.76 bits per heavy atom. The molecule has 4 rings (SSSR count). The summed E-state index contributed by atoms with van der Waals surface area (Å²) in [6.07, 6.45) is 3.83. The Kier molecular flexibility index (Phi) is 6.55. The lowest BCUT2D eigenvalue weighted by atomic mass is 9.74. The molecule has 1 saturated carbocycles. The van der Waals surface area contributed by atoms with E-state index in [0.717, 1.165) is 35.8 Å². The number of piperidine rings is 1. The Morgan fingerprint density at radius 3 is 2.30 bits per heavy atom. The van der Waals surface area contributed by atoms with Gasteiger partial charge >= 0.3 is 0 Å². The van der Waals surface area contributed by atoms with Crippen LogP contribution in [0.25, 0.3) is 0 Å². The number of benzene rings is 2. The van der Waals surface area contributed by atoms with E-state index in [-0.39, 0.29) is 17.3 Å². The lowest BCUT2D eigenvalue weighted by Crippen LogP contribution is -2.43. The van der Waals surface area contributed by atoms with Crippen molar-refractivity contribution in [3.63, 3.8) is 0 Å². The van der Waals surface area contributed by atoms with Crippen molar-refractivity contribution < 1.29 is 26.4 Å². The van der Waals surface area contributed by atoms with Crippen LogP contribution in [0.5, 0.6) is 0 Å². The number of hydrogen-bond acceptors (Lipinski definition) is 4. The SMILES string of the molecule is CS(=O)(=O)NC(=O)c1cc(C2CC2)c(CN2CCC(CF)(c3ccc(F)cc3)CC2)cc1F. The summed E-state index contributed by atoms with van der Waals surface area (Å²) in [4.78, 5) is 14.4. The summed E-state index contributed by atoms with van der Waals surface area (Å²) in [6.45, 7) is 1.13. The number of nitrogens with one attached hydrogen (secondary N) is 1. The third-order valence-corrected chi connectivity index (χ3v) is 7.24. The Morgan fingerprint density at radius 1 is 1.12 bits per heavy atom. The molecule has 0 unspecified atom stereocenters. The number of nitrogens with zero attached hydrogens (tertiary/aromatic N) is 1. The van der Waals surface area contributed by atoms with Gasteiger partial charge in [-0.3, -0.25) is 14.1 Å². The molecule has 1 heterocycles. The molecule has 1 aliphatic heterocycles. The second-order valence-electron chi connectivity index (χ2n) is 9.21. The third kappa shape index (κ3) is 5.41. The van der Waals surface area contributed by atoms with E-state index in [9.17, 15) is 26.4 Å². The van der Waals surface area contributed by atoms with E-state index in [1.54, 1.807) is 12.1 Å². The summed E-state index contributed by atoms with van der Waals surface area (Å²) in [6, 6.07) is 8.78. The van der Waals surface area contributed by atoms with E-state index >= 15 is 0 Å². The summed E-state index contributed by atoms with van der Waals surface area (Å²) < 4.78 is 66.7. The van der Waals surface area contributed by atoms with Crippen molar-refractivity contribution >= 4 is 15.9 Å². The van der Waals surface area contributed by atoms with Crippen LogP contribution in [0.4, 0.5) is 13.2 Å². The van der Waals surface area contributed by atoms with Gasteiger partial charge in [-0.25, -0.2) is 21.9 Å². The van der Waals surface area contributed by atoms with Crippen LogP contribution in [0.15, 0.2) is 36.4 Å². The van der Waals surface area contributed by atoms with Gasteiger partial charge in [0.2, 0.25) is 10.0 Å². The second-order valence-corrected chi connectivity index (χ2v) is 11.0. The van der Waals surface area contributed by atoms with Gasteiger partial charge in [-0.2, -0.15) is 0 Å². The number of likely N-dealkylation sites (tertiary alicyclic amines) is 1. The van der Waals surface area contributed by atoms with Crippen LogP contribution in [0.2, 0.25) is 0 Å². The van der Waals surface area contributed by atoms with Gasteiger partial charge in [-0.1, -0.05) is 12.1 Å². The van der Waals surface area contributed by atoms with Gasteiger partial charge in [0.15, 0.2) is 0 Å². The fourth-order valence-corrected chi connectivity index (χ4v) is 5.07. The molecule has 1 N–H and O–H groups in total. The van der Waals surface area contributed by atoms with Gasteiger partial charge in [0.25, 0.3) is 5.91 Å². The van der Waals surface area contributed by atoms with E-state index < -0.39 is 33.8 Å². The number of halogens is 3. The first-order valence-corrected chi connectivity index (χ1v) is 12.9.